The highest BCUT2D eigenvalue weighted by Gasteiger charge is 2.30. The lowest BCUT2D eigenvalue weighted by atomic mass is 9.96. The smallest absolute Gasteiger partial charge is 0.308 e. The number of nitrogens with zero attached hydrogens (tertiary/aromatic N) is 3. The molecule has 2 aromatic rings. The molecule has 1 fully saturated rings. The molecule has 0 bridgehead atoms. The highest BCUT2D eigenvalue weighted by molar-refractivity contribution is 5.86. The number of carbonyl (C=O) groups excluding carboxylic acids is 1. The van der Waals surface area contributed by atoms with Crippen LogP contribution in [-0.4, -0.2) is 47.1 Å². The Bertz CT molecular complexity index is 978. The van der Waals surface area contributed by atoms with Crippen LogP contribution in [0.4, 0.5) is 10.1 Å². The minimum atomic E-state index is -0.891. The number of hydrogen-bond acceptors (Lipinski definition) is 6. The van der Waals surface area contributed by atoms with E-state index in [0.29, 0.717) is 42.2 Å². The van der Waals surface area contributed by atoms with Crippen LogP contribution in [-0.2, 0) is 9.59 Å². The molecule has 3 rings (SSSR count). The summed E-state index contributed by atoms with van der Waals surface area (Å²) in [4.78, 5) is 30.2. The van der Waals surface area contributed by atoms with Crippen LogP contribution in [0.15, 0.2) is 48.7 Å². The molecule has 32 heavy (non-hydrogen) atoms. The van der Waals surface area contributed by atoms with Gasteiger partial charge in [0.25, 0.3) is 0 Å². The largest absolute Gasteiger partial charge is 0.481 e. The van der Waals surface area contributed by atoms with Crippen LogP contribution < -0.4 is 15.6 Å². The van der Waals surface area contributed by atoms with Crippen molar-refractivity contribution in [1.82, 2.24) is 9.88 Å². The number of halogens is 1. The lowest BCUT2D eigenvalue weighted by Crippen LogP contribution is -2.44. The van der Waals surface area contributed by atoms with E-state index < -0.39 is 17.8 Å². The zero-order chi connectivity index (χ0) is 23.3. The van der Waals surface area contributed by atoms with Gasteiger partial charge in [0.05, 0.1) is 36.5 Å². The summed E-state index contributed by atoms with van der Waals surface area (Å²) in [6, 6.07) is 9.17. The van der Waals surface area contributed by atoms with E-state index in [-0.39, 0.29) is 18.3 Å². The zero-order valence-electron chi connectivity index (χ0n) is 18.1. The Morgan fingerprint density at radius 1 is 1.31 bits per heavy atom. The predicted molar refractivity (Wildman–Crippen MR) is 118 cm³/mol. The number of pyridine rings is 1. The summed E-state index contributed by atoms with van der Waals surface area (Å²) in [5.41, 5.74) is 1.65. The number of nitrogens with two attached hydrogens (primary N) is 1. The number of rotatable bonds is 7. The van der Waals surface area contributed by atoms with Crippen molar-refractivity contribution in [2.75, 3.05) is 25.2 Å². The van der Waals surface area contributed by atoms with Gasteiger partial charge in [0.1, 0.15) is 5.82 Å². The highest BCUT2D eigenvalue weighted by atomic mass is 19.1. The van der Waals surface area contributed by atoms with E-state index in [0.717, 1.165) is 0 Å². The van der Waals surface area contributed by atoms with E-state index in [1.54, 1.807) is 42.2 Å². The molecule has 0 radical (unpaired) electrons. The van der Waals surface area contributed by atoms with Crippen molar-refractivity contribution in [2.45, 2.75) is 19.8 Å². The number of aliphatic carboxylic acids is 1. The SMILES string of the molecule is COc1ccc(N(N)/C(=C\C(C)C(=O)N2CCCC(C(=O)O)C2)c2ccc(F)cc2)cn1. The summed E-state index contributed by atoms with van der Waals surface area (Å²) >= 11 is 0. The van der Waals surface area contributed by atoms with Gasteiger partial charge in [0.15, 0.2) is 0 Å². The first kappa shape index (κ1) is 23.2. The molecule has 0 spiro atoms. The average molecular weight is 442 g/mol. The molecule has 3 N–H and O–H groups in total. The monoisotopic (exact) mass is 442 g/mol. The molecule has 0 aliphatic carbocycles. The van der Waals surface area contributed by atoms with Gasteiger partial charge in [0.2, 0.25) is 11.8 Å². The minimum absolute atomic E-state index is 0.184. The first-order valence-corrected chi connectivity index (χ1v) is 10.3. The van der Waals surface area contributed by atoms with Gasteiger partial charge in [-0.05, 0) is 54.8 Å². The molecule has 2 atom stereocenters. The van der Waals surface area contributed by atoms with Crippen LogP contribution in [0.1, 0.15) is 25.3 Å². The average Bonchev–Trinajstić information content (AvgIpc) is 2.82. The quantitative estimate of drug-likeness (QED) is 0.501. The molecule has 1 aliphatic heterocycles. The lowest BCUT2D eigenvalue weighted by Gasteiger charge is -2.32. The molecule has 1 saturated heterocycles. The number of methoxy groups -OCH3 is 1. The Morgan fingerprint density at radius 2 is 2.03 bits per heavy atom. The molecule has 1 aromatic carbocycles. The summed E-state index contributed by atoms with van der Waals surface area (Å²) in [6.07, 6.45) is 4.44. The third kappa shape index (κ3) is 5.42. The van der Waals surface area contributed by atoms with E-state index in [4.69, 9.17) is 10.6 Å². The number of hydrogen-bond donors (Lipinski definition) is 2. The molecule has 2 heterocycles. The Kier molecular flexibility index (Phi) is 7.42. The van der Waals surface area contributed by atoms with E-state index >= 15 is 0 Å². The number of carboxylic acids is 1. The predicted octanol–water partition coefficient (Wildman–Crippen LogP) is 2.91. The second kappa shape index (κ2) is 10.2. The molecule has 1 amide bonds. The van der Waals surface area contributed by atoms with Crippen molar-refractivity contribution in [3.8, 4) is 5.88 Å². The molecule has 8 nitrogen and oxygen atoms in total. The fourth-order valence-corrected chi connectivity index (χ4v) is 3.69. The number of carbonyl (C=O) groups is 2. The maximum atomic E-state index is 13.5. The maximum Gasteiger partial charge on any atom is 0.308 e. The fourth-order valence-electron chi connectivity index (χ4n) is 3.69. The topological polar surface area (TPSA) is 109 Å². The number of ether oxygens (including phenoxy) is 1. The molecule has 170 valence electrons. The van der Waals surface area contributed by atoms with Gasteiger partial charge in [-0.2, -0.15) is 0 Å². The van der Waals surface area contributed by atoms with Crippen molar-refractivity contribution >= 4 is 23.3 Å². The normalized spacial score (nSPS) is 17.6. The maximum absolute atomic E-state index is 13.5. The van der Waals surface area contributed by atoms with Gasteiger partial charge in [-0.15, -0.1) is 0 Å². The van der Waals surface area contributed by atoms with Crippen molar-refractivity contribution in [2.24, 2.45) is 17.7 Å². The summed E-state index contributed by atoms with van der Waals surface area (Å²) in [6.45, 7) is 2.44. The number of benzene rings is 1. The number of piperidine rings is 1. The Hall–Kier alpha value is -3.46. The van der Waals surface area contributed by atoms with Crippen LogP contribution in [0.2, 0.25) is 0 Å². The Morgan fingerprint density at radius 3 is 2.62 bits per heavy atom. The van der Waals surface area contributed by atoms with E-state index in [2.05, 4.69) is 4.98 Å². The van der Waals surface area contributed by atoms with Crippen molar-refractivity contribution in [3.05, 3.63) is 60.1 Å². The number of likely N-dealkylation sites (tertiary alicyclic amines) is 1. The zero-order valence-corrected chi connectivity index (χ0v) is 18.1. The molecule has 9 heteroatoms. The molecule has 1 aromatic heterocycles. The van der Waals surface area contributed by atoms with Crippen molar-refractivity contribution in [3.63, 3.8) is 0 Å². The second-order valence-corrected chi connectivity index (χ2v) is 7.74. The van der Waals surface area contributed by atoms with Crippen molar-refractivity contribution in [1.29, 1.82) is 0 Å². The third-order valence-electron chi connectivity index (χ3n) is 5.49. The Labute approximate surface area is 186 Å². The summed E-state index contributed by atoms with van der Waals surface area (Å²) < 4.78 is 18.6. The van der Waals surface area contributed by atoms with Crippen molar-refractivity contribution < 1.29 is 23.8 Å². The van der Waals surface area contributed by atoms with Gasteiger partial charge in [-0.3, -0.25) is 14.6 Å². The second-order valence-electron chi connectivity index (χ2n) is 7.74. The number of anilines is 1. The minimum Gasteiger partial charge on any atom is -0.481 e. The summed E-state index contributed by atoms with van der Waals surface area (Å²) in [7, 11) is 1.51. The number of carboxylic acid groups (broad SMARTS) is 1. The van der Waals surface area contributed by atoms with Gasteiger partial charge >= 0.3 is 5.97 Å². The summed E-state index contributed by atoms with van der Waals surface area (Å²) in [5, 5.41) is 10.7. The molecule has 2 unspecified atom stereocenters. The standard InChI is InChI=1S/C23H27FN4O4/c1-15(22(29)27-11-3-4-17(14-27)23(30)31)12-20(16-5-7-18(24)8-6-16)28(25)19-9-10-21(32-2)26-13-19/h5-10,12-13,15,17H,3-4,11,14,25H2,1-2H3,(H,30,31)/b20-12-. The van der Waals surface area contributed by atoms with E-state index in [1.165, 1.54) is 30.4 Å². The molecular weight excluding hydrogens is 415 g/mol. The number of amides is 1. The Balaban J connectivity index is 1.90. The van der Waals surface area contributed by atoms with Gasteiger partial charge in [-0.1, -0.05) is 6.92 Å². The number of aromatic nitrogens is 1. The first-order valence-electron chi connectivity index (χ1n) is 10.3. The molecule has 1 aliphatic rings. The van der Waals surface area contributed by atoms with E-state index in [9.17, 15) is 19.1 Å². The van der Waals surface area contributed by atoms with Gasteiger partial charge < -0.3 is 14.7 Å². The van der Waals surface area contributed by atoms with Gasteiger partial charge in [-0.25, -0.2) is 15.2 Å². The van der Waals surface area contributed by atoms with Crippen LogP contribution >= 0.6 is 0 Å². The van der Waals surface area contributed by atoms with E-state index in [1.807, 2.05) is 0 Å². The van der Waals surface area contributed by atoms with Crippen LogP contribution in [0.5, 0.6) is 5.88 Å². The van der Waals surface area contributed by atoms with Crippen LogP contribution in [0.3, 0.4) is 0 Å². The fraction of sp³-hybridized carbons (Fsp3) is 0.348. The first-order chi connectivity index (χ1) is 15.3. The summed E-state index contributed by atoms with van der Waals surface area (Å²) in [5.74, 6) is 4.20. The van der Waals surface area contributed by atoms with Crippen LogP contribution in [0.25, 0.3) is 5.70 Å². The molecule has 0 saturated carbocycles. The van der Waals surface area contributed by atoms with Crippen LogP contribution in [0, 0.1) is 17.7 Å². The molecular formula is C23H27FN4O4. The van der Waals surface area contributed by atoms with Gasteiger partial charge in [0, 0.05) is 19.2 Å². The lowest BCUT2D eigenvalue weighted by molar-refractivity contribution is -0.146. The third-order valence-corrected chi connectivity index (χ3v) is 5.49. The highest BCUT2D eigenvalue weighted by Crippen LogP contribution is 2.27. The number of hydrazine groups is 1.